The van der Waals surface area contributed by atoms with Crippen LogP contribution in [0.4, 0.5) is 22.0 Å². The third-order valence-corrected chi connectivity index (χ3v) is 5.89. The summed E-state index contributed by atoms with van der Waals surface area (Å²) >= 11 is 0. The molecule has 0 fully saturated rings. The highest BCUT2D eigenvalue weighted by Crippen LogP contribution is 2.28. The first-order valence-electron chi connectivity index (χ1n) is 7.17. The van der Waals surface area contributed by atoms with Gasteiger partial charge in [0.05, 0.1) is 0 Å². The molecule has 1 unspecified atom stereocenters. The fourth-order valence-electron chi connectivity index (χ4n) is 2.30. The molecule has 0 aliphatic heterocycles. The van der Waals surface area contributed by atoms with E-state index in [0.717, 1.165) is 0 Å². The van der Waals surface area contributed by atoms with Gasteiger partial charge in [-0.2, -0.15) is 0 Å². The molecule has 1 atom stereocenters. The largest absolute Gasteiger partial charge is 0.498 e. The molecule has 1 N–H and O–H groups in total. The Hall–Kier alpha value is -1.03. The highest BCUT2D eigenvalue weighted by Gasteiger charge is 2.38. The summed E-state index contributed by atoms with van der Waals surface area (Å²) in [7, 11) is -3.55. The van der Waals surface area contributed by atoms with Gasteiger partial charge in [-0.15, -0.1) is 0 Å². The Balaban J connectivity index is 3.00. The van der Waals surface area contributed by atoms with Crippen LogP contribution < -0.4 is 0 Å². The first-order valence-corrected chi connectivity index (χ1v) is 9.14. The molecule has 0 spiro atoms. The van der Waals surface area contributed by atoms with E-state index in [1.807, 2.05) is 0 Å². The fourth-order valence-corrected chi connectivity index (χ4v) is 4.55. The zero-order valence-corrected chi connectivity index (χ0v) is 14.1. The van der Waals surface area contributed by atoms with Crippen molar-refractivity contribution in [3.63, 3.8) is 0 Å². The van der Waals surface area contributed by atoms with Crippen LogP contribution in [0.15, 0.2) is 0 Å². The molecule has 0 aromatic heterocycles. The Labute approximate surface area is 132 Å². The summed E-state index contributed by atoms with van der Waals surface area (Å²) < 4.78 is 77.0. The smallest absolute Gasteiger partial charge is 0.390 e. The Morgan fingerprint density at radius 2 is 1.26 bits per heavy atom. The van der Waals surface area contributed by atoms with Gasteiger partial charge < -0.3 is 13.6 Å². The lowest BCUT2D eigenvalue weighted by atomic mass is 10.0. The summed E-state index contributed by atoms with van der Waals surface area (Å²) in [4.78, 5) is 10.3. The minimum atomic E-state index is -3.55. The molecular formula is C14H19F5O3Si. The molecule has 1 aromatic rings. The van der Waals surface area contributed by atoms with E-state index in [1.54, 1.807) is 13.8 Å². The second kappa shape index (κ2) is 8.18. The number of halogens is 5. The second-order valence-electron chi connectivity index (χ2n) is 5.14. The Kier molecular flexibility index (Phi) is 7.12. The van der Waals surface area contributed by atoms with E-state index < -0.39 is 55.8 Å². The molecule has 0 aliphatic rings. The van der Waals surface area contributed by atoms with E-state index >= 15 is 0 Å². The van der Waals surface area contributed by atoms with Crippen molar-refractivity contribution in [1.82, 2.24) is 0 Å². The van der Waals surface area contributed by atoms with Crippen molar-refractivity contribution < 1.29 is 35.6 Å². The lowest BCUT2D eigenvalue weighted by Crippen LogP contribution is -2.44. The van der Waals surface area contributed by atoms with Crippen molar-refractivity contribution in [2.24, 2.45) is 5.92 Å². The van der Waals surface area contributed by atoms with Gasteiger partial charge in [-0.1, -0.05) is 6.92 Å². The third-order valence-electron chi connectivity index (χ3n) is 3.20. The normalized spacial score (nSPS) is 13.4. The maximum atomic E-state index is 13.7. The lowest BCUT2D eigenvalue weighted by molar-refractivity contribution is 0.104. The van der Waals surface area contributed by atoms with Gasteiger partial charge in [0.2, 0.25) is 5.82 Å². The zero-order chi connectivity index (χ0) is 17.8. The molecule has 1 rings (SSSR count). The van der Waals surface area contributed by atoms with Crippen LogP contribution in [0.25, 0.3) is 0 Å². The maximum absolute atomic E-state index is 13.7. The third kappa shape index (κ3) is 4.72. The summed E-state index contributed by atoms with van der Waals surface area (Å²) in [5.74, 6) is -10.5. The number of hydrogen-bond acceptors (Lipinski definition) is 3. The van der Waals surface area contributed by atoms with Gasteiger partial charge in [0.15, 0.2) is 23.3 Å². The average molecular weight is 358 g/mol. The predicted octanol–water partition coefficient (Wildman–Crippen LogP) is 3.56. The van der Waals surface area contributed by atoms with Gasteiger partial charge in [0.25, 0.3) is 0 Å². The molecule has 0 heterocycles. The minimum absolute atomic E-state index is 0.0613. The van der Waals surface area contributed by atoms with E-state index in [4.69, 9.17) is 8.85 Å². The van der Waals surface area contributed by atoms with Crippen LogP contribution >= 0.6 is 0 Å². The first-order chi connectivity index (χ1) is 10.7. The summed E-state index contributed by atoms with van der Waals surface area (Å²) in [6, 6.07) is -0.0613. The van der Waals surface area contributed by atoms with Gasteiger partial charge in [0.1, 0.15) is 0 Å². The molecule has 0 saturated heterocycles. The monoisotopic (exact) mass is 358 g/mol. The minimum Gasteiger partial charge on any atom is -0.390 e. The van der Waals surface area contributed by atoms with Crippen molar-refractivity contribution in [2.75, 3.05) is 13.2 Å². The summed E-state index contributed by atoms with van der Waals surface area (Å²) in [6.45, 7) is 5.15. The SMILES string of the molecule is CCO[Si](O)(CC(C)Cc1c(F)c(F)c(F)c(F)c1F)OCC. The Bertz CT molecular complexity index is 521. The van der Waals surface area contributed by atoms with E-state index in [9.17, 15) is 26.7 Å². The van der Waals surface area contributed by atoms with Gasteiger partial charge in [0, 0.05) is 24.8 Å². The Morgan fingerprint density at radius 3 is 1.65 bits per heavy atom. The molecule has 23 heavy (non-hydrogen) atoms. The molecule has 132 valence electrons. The van der Waals surface area contributed by atoms with Crippen LogP contribution in [0.3, 0.4) is 0 Å². The molecule has 0 amide bonds. The van der Waals surface area contributed by atoms with Crippen LogP contribution in [0.2, 0.25) is 6.04 Å². The zero-order valence-electron chi connectivity index (χ0n) is 13.1. The maximum Gasteiger partial charge on any atom is 0.498 e. The van der Waals surface area contributed by atoms with Gasteiger partial charge in [-0.05, 0) is 26.2 Å². The molecule has 0 saturated carbocycles. The lowest BCUT2D eigenvalue weighted by Gasteiger charge is -2.26. The van der Waals surface area contributed by atoms with Gasteiger partial charge >= 0.3 is 8.80 Å². The van der Waals surface area contributed by atoms with E-state index in [-0.39, 0.29) is 19.3 Å². The van der Waals surface area contributed by atoms with E-state index in [1.165, 1.54) is 6.92 Å². The van der Waals surface area contributed by atoms with Crippen LogP contribution in [-0.4, -0.2) is 26.8 Å². The number of benzene rings is 1. The fraction of sp³-hybridized carbons (Fsp3) is 0.571. The van der Waals surface area contributed by atoms with Crippen molar-refractivity contribution >= 4 is 8.80 Å². The molecule has 9 heteroatoms. The molecular weight excluding hydrogens is 339 g/mol. The second-order valence-corrected chi connectivity index (χ2v) is 7.55. The van der Waals surface area contributed by atoms with E-state index in [0.29, 0.717) is 0 Å². The first kappa shape index (κ1) is 20.0. The van der Waals surface area contributed by atoms with Gasteiger partial charge in [-0.3, -0.25) is 0 Å². The van der Waals surface area contributed by atoms with Crippen LogP contribution in [0, 0.1) is 35.0 Å². The van der Waals surface area contributed by atoms with Crippen molar-refractivity contribution in [1.29, 1.82) is 0 Å². The van der Waals surface area contributed by atoms with Crippen LogP contribution in [0.1, 0.15) is 26.3 Å². The average Bonchev–Trinajstić information content (AvgIpc) is 2.48. The summed E-state index contributed by atoms with van der Waals surface area (Å²) in [5.41, 5.74) is -0.904. The van der Waals surface area contributed by atoms with Crippen molar-refractivity contribution in [3.05, 3.63) is 34.6 Å². The number of rotatable bonds is 8. The topological polar surface area (TPSA) is 38.7 Å². The molecule has 0 aliphatic carbocycles. The number of hydrogen-bond donors (Lipinski definition) is 1. The summed E-state index contributed by atoms with van der Waals surface area (Å²) in [6.07, 6.45) is -0.443. The molecule has 3 nitrogen and oxygen atoms in total. The molecule has 0 bridgehead atoms. The Morgan fingerprint density at radius 1 is 0.870 bits per heavy atom. The highest BCUT2D eigenvalue weighted by atomic mass is 28.4. The van der Waals surface area contributed by atoms with Crippen molar-refractivity contribution in [2.45, 2.75) is 33.2 Å². The standard InChI is InChI=1S/C14H19F5O3Si/c1-4-21-23(20,22-5-2)7-8(3)6-9-10(15)12(17)14(19)13(18)11(9)16/h8,20H,4-7H2,1-3H3. The van der Waals surface area contributed by atoms with Crippen LogP contribution in [-0.2, 0) is 15.3 Å². The predicted molar refractivity (Wildman–Crippen MR) is 75.1 cm³/mol. The quantitative estimate of drug-likeness (QED) is 0.334. The van der Waals surface area contributed by atoms with Crippen LogP contribution in [0.5, 0.6) is 0 Å². The van der Waals surface area contributed by atoms with Gasteiger partial charge in [-0.25, -0.2) is 22.0 Å². The van der Waals surface area contributed by atoms with E-state index in [2.05, 4.69) is 0 Å². The molecule has 1 aromatic carbocycles. The van der Waals surface area contributed by atoms with Crippen molar-refractivity contribution in [3.8, 4) is 0 Å². The summed E-state index contributed by atoms with van der Waals surface area (Å²) in [5, 5.41) is 0. The molecule has 0 radical (unpaired) electrons. The highest BCUT2D eigenvalue weighted by molar-refractivity contribution is 6.59.